The minimum atomic E-state index is -0.252. The van der Waals surface area contributed by atoms with Crippen LogP contribution in [-0.2, 0) is 14.3 Å². The number of piperidine rings is 1. The van der Waals surface area contributed by atoms with Crippen molar-refractivity contribution in [2.24, 2.45) is 5.92 Å². The predicted octanol–water partition coefficient (Wildman–Crippen LogP) is 2.94. The molecule has 0 aliphatic carbocycles. The van der Waals surface area contributed by atoms with Crippen LogP contribution in [0.3, 0.4) is 0 Å². The van der Waals surface area contributed by atoms with E-state index in [-0.39, 0.29) is 11.8 Å². The highest BCUT2D eigenvalue weighted by Gasteiger charge is 2.42. The fourth-order valence-electron chi connectivity index (χ4n) is 4.01. The molecule has 0 radical (unpaired) electrons. The highest BCUT2D eigenvalue weighted by Crippen LogP contribution is 2.37. The molecule has 0 aromatic heterocycles. The number of likely N-dealkylation sites (tertiary alicyclic amines) is 1. The molecule has 2 aliphatic heterocycles. The van der Waals surface area contributed by atoms with Gasteiger partial charge in [0, 0.05) is 32.8 Å². The molecule has 7 nitrogen and oxygen atoms in total. The average Bonchev–Trinajstić information content (AvgIpc) is 3.01. The van der Waals surface area contributed by atoms with Gasteiger partial charge in [-0.3, -0.25) is 14.5 Å². The van der Waals surface area contributed by atoms with E-state index in [4.69, 9.17) is 14.2 Å². The minimum absolute atomic E-state index is 0.212. The first kappa shape index (κ1) is 22.2. The van der Waals surface area contributed by atoms with Crippen LogP contribution >= 0.6 is 0 Å². The van der Waals surface area contributed by atoms with Crippen LogP contribution in [-0.4, -0.2) is 68.7 Å². The number of ether oxygens (including phenoxy) is 3. The van der Waals surface area contributed by atoms with Gasteiger partial charge in [-0.1, -0.05) is 13.0 Å². The third-order valence-electron chi connectivity index (χ3n) is 5.79. The maximum Gasteiger partial charge on any atom is 0.277 e. The molecule has 0 saturated carbocycles. The van der Waals surface area contributed by atoms with E-state index >= 15 is 0 Å². The second-order valence-corrected chi connectivity index (χ2v) is 7.78. The Labute approximate surface area is 178 Å². The van der Waals surface area contributed by atoms with E-state index in [1.807, 2.05) is 13.0 Å². The number of carbonyl (C=O) groups is 2. The van der Waals surface area contributed by atoms with Crippen molar-refractivity contribution in [2.45, 2.75) is 33.1 Å². The van der Waals surface area contributed by atoms with Crippen LogP contribution < -0.4 is 9.47 Å². The van der Waals surface area contributed by atoms with Crippen molar-refractivity contribution in [2.75, 3.05) is 47.1 Å². The smallest absolute Gasteiger partial charge is 0.277 e. The van der Waals surface area contributed by atoms with Crippen molar-refractivity contribution in [3.63, 3.8) is 0 Å². The molecule has 164 valence electrons. The van der Waals surface area contributed by atoms with Crippen molar-refractivity contribution in [1.29, 1.82) is 0 Å². The Morgan fingerprint density at radius 3 is 2.37 bits per heavy atom. The first-order valence-corrected chi connectivity index (χ1v) is 10.7. The van der Waals surface area contributed by atoms with Gasteiger partial charge in [-0.05, 0) is 49.8 Å². The van der Waals surface area contributed by atoms with Crippen LogP contribution in [0.5, 0.6) is 11.5 Å². The molecule has 0 unspecified atom stereocenters. The largest absolute Gasteiger partial charge is 0.493 e. The van der Waals surface area contributed by atoms with Gasteiger partial charge in [0.15, 0.2) is 11.5 Å². The number of nitrogens with zero attached hydrogens (tertiary/aromatic N) is 2. The van der Waals surface area contributed by atoms with Gasteiger partial charge in [-0.15, -0.1) is 0 Å². The van der Waals surface area contributed by atoms with Gasteiger partial charge in [0.25, 0.3) is 11.8 Å². The summed E-state index contributed by atoms with van der Waals surface area (Å²) in [4.78, 5) is 30.1. The summed E-state index contributed by atoms with van der Waals surface area (Å²) in [5.41, 5.74) is 1.63. The number of imide groups is 1. The normalized spacial score (nSPS) is 17.9. The highest BCUT2D eigenvalue weighted by atomic mass is 16.5. The summed E-state index contributed by atoms with van der Waals surface area (Å²) in [7, 11) is 3.13. The lowest BCUT2D eigenvalue weighted by atomic mass is 9.97. The molecule has 1 saturated heterocycles. The van der Waals surface area contributed by atoms with E-state index < -0.39 is 0 Å². The lowest BCUT2D eigenvalue weighted by Gasteiger charge is -2.32. The molecule has 0 bridgehead atoms. The van der Waals surface area contributed by atoms with E-state index in [1.165, 1.54) is 4.90 Å². The third kappa shape index (κ3) is 4.46. The molecule has 1 aromatic carbocycles. The molecule has 0 spiro atoms. The monoisotopic (exact) mass is 416 g/mol. The van der Waals surface area contributed by atoms with Gasteiger partial charge >= 0.3 is 0 Å². The van der Waals surface area contributed by atoms with E-state index in [9.17, 15) is 9.59 Å². The summed E-state index contributed by atoms with van der Waals surface area (Å²) >= 11 is 0. The van der Waals surface area contributed by atoms with Crippen molar-refractivity contribution in [1.82, 2.24) is 9.80 Å². The Kier molecular flexibility index (Phi) is 7.37. The number of benzene rings is 1. The first-order chi connectivity index (χ1) is 14.5. The Balaban J connectivity index is 1.97. The molecule has 2 amide bonds. The van der Waals surface area contributed by atoms with Crippen LogP contribution in [0.15, 0.2) is 23.9 Å². The molecule has 3 rings (SSSR count). The van der Waals surface area contributed by atoms with E-state index in [0.29, 0.717) is 60.4 Å². The molecule has 1 fully saturated rings. The summed E-state index contributed by atoms with van der Waals surface area (Å²) in [5, 5.41) is 0. The van der Waals surface area contributed by atoms with Gasteiger partial charge in [0.1, 0.15) is 5.70 Å². The molecule has 30 heavy (non-hydrogen) atoms. The molecule has 1 aromatic rings. The van der Waals surface area contributed by atoms with Gasteiger partial charge in [-0.2, -0.15) is 0 Å². The topological polar surface area (TPSA) is 68.3 Å². The number of methoxy groups -OCH3 is 2. The summed E-state index contributed by atoms with van der Waals surface area (Å²) in [6.45, 7) is 7.20. The van der Waals surface area contributed by atoms with E-state index in [0.717, 1.165) is 25.9 Å². The molecule has 0 N–H and O–H groups in total. The van der Waals surface area contributed by atoms with E-state index in [1.54, 1.807) is 26.4 Å². The summed E-state index contributed by atoms with van der Waals surface area (Å²) in [6.07, 6.45) is 2.64. The SMILES string of the molecule is CCOCCCN1C(=O)C(c2ccc(OC)c(OC)c2)=C(N2CCC(C)CC2)C1=O. The van der Waals surface area contributed by atoms with Crippen LogP contribution in [0.1, 0.15) is 38.7 Å². The van der Waals surface area contributed by atoms with Crippen LogP contribution in [0.4, 0.5) is 0 Å². The lowest BCUT2D eigenvalue weighted by Crippen LogP contribution is -2.39. The van der Waals surface area contributed by atoms with Crippen molar-refractivity contribution in [3.8, 4) is 11.5 Å². The van der Waals surface area contributed by atoms with Crippen LogP contribution in [0.2, 0.25) is 0 Å². The Bertz CT molecular complexity index is 812. The third-order valence-corrected chi connectivity index (χ3v) is 5.79. The van der Waals surface area contributed by atoms with Gasteiger partial charge in [0.2, 0.25) is 0 Å². The lowest BCUT2D eigenvalue weighted by molar-refractivity contribution is -0.137. The summed E-state index contributed by atoms with van der Waals surface area (Å²) in [6, 6.07) is 5.36. The average molecular weight is 417 g/mol. The highest BCUT2D eigenvalue weighted by molar-refractivity contribution is 6.35. The zero-order valence-corrected chi connectivity index (χ0v) is 18.4. The van der Waals surface area contributed by atoms with Gasteiger partial charge < -0.3 is 19.1 Å². The second kappa shape index (κ2) is 9.98. The van der Waals surface area contributed by atoms with Gasteiger partial charge in [-0.25, -0.2) is 0 Å². The zero-order chi connectivity index (χ0) is 21.7. The van der Waals surface area contributed by atoms with Crippen LogP contribution in [0, 0.1) is 5.92 Å². The van der Waals surface area contributed by atoms with Crippen molar-refractivity contribution in [3.05, 3.63) is 29.5 Å². The number of carbonyl (C=O) groups excluding carboxylic acids is 2. The van der Waals surface area contributed by atoms with E-state index in [2.05, 4.69) is 11.8 Å². The molecule has 2 aliphatic rings. The molecule has 7 heteroatoms. The Morgan fingerprint density at radius 2 is 1.73 bits per heavy atom. The molecule has 0 atom stereocenters. The fourth-order valence-corrected chi connectivity index (χ4v) is 4.01. The Hall–Kier alpha value is -2.54. The zero-order valence-electron chi connectivity index (χ0n) is 18.4. The predicted molar refractivity (Wildman–Crippen MR) is 114 cm³/mol. The first-order valence-electron chi connectivity index (χ1n) is 10.7. The fraction of sp³-hybridized carbons (Fsp3) is 0.565. The summed E-state index contributed by atoms with van der Waals surface area (Å²) in [5.74, 6) is 1.28. The molecular weight excluding hydrogens is 384 g/mol. The van der Waals surface area contributed by atoms with Gasteiger partial charge in [0.05, 0.1) is 19.8 Å². The quantitative estimate of drug-likeness (QED) is 0.455. The number of hydrogen-bond donors (Lipinski definition) is 0. The number of hydrogen-bond acceptors (Lipinski definition) is 6. The van der Waals surface area contributed by atoms with Crippen molar-refractivity contribution >= 4 is 17.4 Å². The second-order valence-electron chi connectivity index (χ2n) is 7.78. The van der Waals surface area contributed by atoms with Crippen LogP contribution in [0.25, 0.3) is 5.57 Å². The Morgan fingerprint density at radius 1 is 1.03 bits per heavy atom. The molecule has 2 heterocycles. The minimum Gasteiger partial charge on any atom is -0.493 e. The molecular formula is C23H32N2O5. The van der Waals surface area contributed by atoms with Crippen molar-refractivity contribution < 1.29 is 23.8 Å². The summed E-state index contributed by atoms with van der Waals surface area (Å²) < 4.78 is 16.1. The standard InChI is InChI=1S/C23H32N2O5/c1-5-30-14-6-11-25-22(26)20(17-7-8-18(28-3)19(15-17)29-4)21(23(25)27)24-12-9-16(2)10-13-24/h7-8,15-16H,5-6,9-14H2,1-4H3. The number of rotatable bonds is 9. The maximum absolute atomic E-state index is 13.4. The maximum atomic E-state index is 13.4. The number of amides is 2.